The first-order valence-corrected chi connectivity index (χ1v) is 11.6. The molecule has 162 valence electrons. The van der Waals surface area contributed by atoms with Crippen LogP contribution in [0.3, 0.4) is 0 Å². The molecule has 0 amide bonds. The fourth-order valence-corrected chi connectivity index (χ4v) is 4.29. The first kappa shape index (κ1) is 23.4. The van der Waals surface area contributed by atoms with Crippen LogP contribution < -0.4 is 4.72 Å². The predicted molar refractivity (Wildman–Crippen MR) is 117 cm³/mol. The normalized spacial score (nSPS) is 11.2. The smallest absolute Gasteiger partial charge is 0.337 e. The van der Waals surface area contributed by atoms with Gasteiger partial charge in [-0.2, -0.15) is 0 Å². The van der Waals surface area contributed by atoms with Gasteiger partial charge in [-0.1, -0.05) is 57.2 Å². The zero-order valence-electron chi connectivity index (χ0n) is 16.9. The van der Waals surface area contributed by atoms with Crippen LogP contribution >= 0.6 is 0 Å². The van der Waals surface area contributed by atoms with Crippen LogP contribution in [-0.4, -0.2) is 36.3 Å². The van der Waals surface area contributed by atoms with Crippen LogP contribution in [0.4, 0.5) is 5.69 Å². The van der Waals surface area contributed by atoms with E-state index in [1.807, 2.05) is 0 Å². The molecule has 7 nitrogen and oxygen atoms in total. The van der Waals surface area contributed by atoms with Gasteiger partial charge in [-0.3, -0.25) is 4.72 Å². The van der Waals surface area contributed by atoms with Crippen molar-refractivity contribution in [3.05, 3.63) is 53.6 Å². The molecule has 0 aliphatic carbocycles. The summed E-state index contributed by atoms with van der Waals surface area (Å²) in [5, 5.41) is 18.5. The summed E-state index contributed by atoms with van der Waals surface area (Å²) in [6, 6.07) is 10.4. The minimum Gasteiger partial charge on any atom is -0.478 e. The first-order chi connectivity index (χ1) is 14.2. The molecule has 3 N–H and O–H groups in total. The average molecular weight is 434 g/mol. The third-order valence-corrected chi connectivity index (χ3v) is 6.10. The molecule has 2 aromatic carbocycles. The highest BCUT2D eigenvalue weighted by Crippen LogP contribution is 2.27. The lowest BCUT2D eigenvalue weighted by molar-refractivity contribution is 0.0686. The minimum absolute atomic E-state index is 0.0133. The number of rotatable bonds is 12. The number of carboxylic acid groups (broad SMARTS) is 2. The number of hydrogen-bond donors (Lipinski definition) is 3. The Morgan fingerprint density at radius 2 is 1.43 bits per heavy atom. The van der Waals surface area contributed by atoms with Crippen LogP contribution in [0.2, 0.25) is 0 Å². The van der Waals surface area contributed by atoms with Crippen molar-refractivity contribution >= 4 is 27.6 Å². The lowest BCUT2D eigenvalue weighted by Crippen LogP contribution is -2.18. The quantitative estimate of drug-likeness (QED) is 0.411. The molecule has 0 aliphatic heterocycles. The van der Waals surface area contributed by atoms with Crippen molar-refractivity contribution in [1.29, 1.82) is 0 Å². The van der Waals surface area contributed by atoms with Gasteiger partial charge in [0.15, 0.2) is 0 Å². The van der Waals surface area contributed by atoms with Gasteiger partial charge in [0.25, 0.3) is 0 Å². The number of benzene rings is 2. The molecule has 0 saturated heterocycles. The summed E-state index contributed by atoms with van der Waals surface area (Å²) >= 11 is 0. The molecular formula is C22H27NO6S. The molecule has 0 radical (unpaired) electrons. The number of aromatic carboxylic acids is 2. The Labute approximate surface area is 176 Å². The van der Waals surface area contributed by atoms with Crippen molar-refractivity contribution in [3.8, 4) is 11.1 Å². The van der Waals surface area contributed by atoms with E-state index in [9.17, 15) is 23.1 Å². The number of anilines is 1. The number of hydrogen-bond acceptors (Lipinski definition) is 4. The van der Waals surface area contributed by atoms with Gasteiger partial charge in [-0.05, 0) is 41.8 Å². The first-order valence-electron chi connectivity index (χ1n) is 9.95. The van der Waals surface area contributed by atoms with Crippen LogP contribution in [0, 0.1) is 0 Å². The van der Waals surface area contributed by atoms with Crippen molar-refractivity contribution in [3.63, 3.8) is 0 Å². The van der Waals surface area contributed by atoms with E-state index >= 15 is 0 Å². The maximum atomic E-state index is 12.4. The Bertz CT molecular complexity index is 983. The van der Waals surface area contributed by atoms with Crippen molar-refractivity contribution < 1.29 is 28.2 Å². The second-order valence-corrected chi connectivity index (χ2v) is 8.98. The predicted octanol–water partition coefficient (Wildman–Crippen LogP) is 4.85. The summed E-state index contributed by atoms with van der Waals surface area (Å²) in [4.78, 5) is 22.7. The van der Waals surface area contributed by atoms with E-state index in [1.54, 1.807) is 18.2 Å². The molecule has 8 heteroatoms. The summed E-state index contributed by atoms with van der Waals surface area (Å²) in [5.74, 6) is -2.37. The summed E-state index contributed by atoms with van der Waals surface area (Å²) < 4.78 is 27.1. The van der Waals surface area contributed by atoms with Gasteiger partial charge in [0.1, 0.15) is 0 Å². The standard InChI is InChI=1S/C22H27NO6S/c1-2-3-4-5-6-7-14-30(28,29)23-20-13-12-18(15-19(20)22(26)27)16-8-10-17(11-9-16)21(24)25/h8-13,15,23H,2-7,14H2,1H3,(H,24,25)(H,26,27). The van der Waals surface area contributed by atoms with E-state index in [2.05, 4.69) is 11.6 Å². The molecule has 30 heavy (non-hydrogen) atoms. The van der Waals surface area contributed by atoms with Gasteiger partial charge in [0.05, 0.1) is 22.6 Å². The molecular weight excluding hydrogens is 406 g/mol. The van der Waals surface area contributed by atoms with Crippen molar-refractivity contribution in [2.75, 3.05) is 10.5 Å². The van der Waals surface area contributed by atoms with Gasteiger partial charge in [0, 0.05) is 0 Å². The molecule has 0 saturated carbocycles. The summed E-state index contributed by atoms with van der Waals surface area (Å²) in [6.07, 6.45) is 5.67. The average Bonchev–Trinajstić information content (AvgIpc) is 2.70. The lowest BCUT2D eigenvalue weighted by atomic mass is 10.0. The lowest BCUT2D eigenvalue weighted by Gasteiger charge is -2.12. The topological polar surface area (TPSA) is 121 Å². The van der Waals surface area contributed by atoms with Gasteiger partial charge in [-0.15, -0.1) is 0 Å². The fourth-order valence-electron chi connectivity index (χ4n) is 3.09. The number of nitrogens with one attached hydrogen (secondary N) is 1. The van der Waals surface area contributed by atoms with E-state index in [0.29, 0.717) is 17.5 Å². The SMILES string of the molecule is CCCCCCCCS(=O)(=O)Nc1ccc(-c2ccc(C(=O)O)cc2)cc1C(=O)O. The highest BCUT2D eigenvalue weighted by molar-refractivity contribution is 7.92. The van der Waals surface area contributed by atoms with Crippen molar-refractivity contribution in [2.24, 2.45) is 0 Å². The van der Waals surface area contributed by atoms with Crippen molar-refractivity contribution in [1.82, 2.24) is 0 Å². The molecule has 0 bridgehead atoms. The van der Waals surface area contributed by atoms with E-state index in [-0.39, 0.29) is 22.6 Å². The maximum Gasteiger partial charge on any atom is 0.337 e. The van der Waals surface area contributed by atoms with Gasteiger partial charge in [0.2, 0.25) is 10.0 Å². The number of sulfonamides is 1. The third kappa shape index (κ3) is 6.88. The number of carbonyl (C=O) groups is 2. The summed E-state index contributed by atoms with van der Waals surface area (Å²) in [6.45, 7) is 2.12. The second kappa shape index (κ2) is 10.8. The summed E-state index contributed by atoms with van der Waals surface area (Å²) in [5.41, 5.74) is 1.14. The van der Waals surface area contributed by atoms with E-state index in [4.69, 9.17) is 5.11 Å². The molecule has 0 aliphatic rings. The zero-order valence-corrected chi connectivity index (χ0v) is 17.7. The third-order valence-electron chi connectivity index (χ3n) is 4.75. The Morgan fingerprint density at radius 1 is 0.833 bits per heavy atom. The Kier molecular flexibility index (Phi) is 8.41. The van der Waals surface area contributed by atoms with Gasteiger partial charge < -0.3 is 10.2 Å². The van der Waals surface area contributed by atoms with Crippen LogP contribution in [0.5, 0.6) is 0 Å². The molecule has 0 heterocycles. The van der Waals surface area contributed by atoms with Crippen LogP contribution in [0.15, 0.2) is 42.5 Å². The molecule has 2 rings (SSSR count). The monoisotopic (exact) mass is 433 g/mol. The van der Waals surface area contributed by atoms with Crippen LogP contribution in [0.25, 0.3) is 11.1 Å². The fraction of sp³-hybridized carbons (Fsp3) is 0.364. The van der Waals surface area contributed by atoms with Crippen molar-refractivity contribution in [2.45, 2.75) is 45.4 Å². The maximum absolute atomic E-state index is 12.4. The number of carboxylic acids is 2. The Hall–Kier alpha value is -2.87. The largest absolute Gasteiger partial charge is 0.478 e. The number of unbranched alkanes of at least 4 members (excludes halogenated alkanes) is 5. The van der Waals surface area contributed by atoms with Gasteiger partial charge in [-0.25, -0.2) is 18.0 Å². The van der Waals surface area contributed by atoms with E-state index in [1.165, 1.54) is 24.3 Å². The minimum atomic E-state index is -3.65. The zero-order chi connectivity index (χ0) is 22.1. The Balaban J connectivity index is 2.13. The highest BCUT2D eigenvalue weighted by Gasteiger charge is 2.17. The molecule has 0 unspecified atom stereocenters. The highest BCUT2D eigenvalue weighted by atomic mass is 32.2. The summed E-state index contributed by atoms with van der Waals surface area (Å²) in [7, 11) is -3.65. The molecule has 0 aromatic heterocycles. The Morgan fingerprint density at radius 3 is 2.03 bits per heavy atom. The second-order valence-electron chi connectivity index (χ2n) is 7.14. The molecule has 0 fully saturated rings. The molecule has 2 aromatic rings. The molecule has 0 atom stereocenters. The van der Waals surface area contributed by atoms with Crippen LogP contribution in [0.1, 0.15) is 66.2 Å². The van der Waals surface area contributed by atoms with Gasteiger partial charge >= 0.3 is 11.9 Å². The van der Waals surface area contributed by atoms with E-state index in [0.717, 1.165) is 32.1 Å². The molecule has 0 spiro atoms. The van der Waals surface area contributed by atoms with Crippen LogP contribution in [-0.2, 0) is 10.0 Å². The van der Waals surface area contributed by atoms with E-state index < -0.39 is 22.0 Å².